The van der Waals surface area contributed by atoms with Gasteiger partial charge in [0.1, 0.15) is 12.1 Å². The van der Waals surface area contributed by atoms with Crippen LogP contribution in [-0.2, 0) is 37.9 Å². The van der Waals surface area contributed by atoms with Crippen LogP contribution in [0.4, 0.5) is 0 Å². The molecule has 1 aromatic rings. The summed E-state index contributed by atoms with van der Waals surface area (Å²) in [5.41, 5.74) is 16.1. The van der Waals surface area contributed by atoms with Crippen LogP contribution in [0.2, 0.25) is 0 Å². The summed E-state index contributed by atoms with van der Waals surface area (Å²) in [4.78, 5) is 38.4. The number of rotatable bonds is 10. The van der Waals surface area contributed by atoms with Crippen LogP contribution >= 0.6 is 0 Å². The molecule has 1 heterocycles. The summed E-state index contributed by atoms with van der Waals surface area (Å²) in [5, 5.41) is 19.4. The number of amides is 1. The molecular formula is C14H26CuN6O5. The van der Waals surface area contributed by atoms with Crippen molar-refractivity contribution in [1.82, 2.24) is 15.3 Å². The summed E-state index contributed by atoms with van der Waals surface area (Å²) >= 11 is 0. The maximum absolute atomic E-state index is 10.9. The predicted molar refractivity (Wildman–Crippen MR) is 89.4 cm³/mol. The number of hydrogen-bond donors (Lipinski definition) is 7. The molecule has 153 valence electrons. The number of nitrogens with one attached hydrogen (secondary N) is 2. The fourth-order valence-corrected chi connectivity index (χ4v) is 1.70. The molecule has 0 fully saturated rings. The minimum absolute atomic E-state index is 0. The third-order valence-corrected chi connectivity index (χ3v) is 3.08. The van der Waals surface area contributed by atoms with Gasteiger partial charge in [0.05, 0.1) is 12.9 Å². The van der Waals surface area contributed by atoms with Gasteiger partial charge < -0.3 is 37.7 Å². The topological polar surface area (TPSA) is 210 Å². The zero-order valence-electron chi connectivity index (χ0n) is 14.2. The number of carbonyl (C=O) groups is 3. The number of carboxylic acid groups (broad SMARTS) is 2. The maximum atomic E-state index is 10.9. The molecule has 1 radical (unpaired) electrons. The molecule has 12 heteroatoms. The van der Waals surface area contributed by atoms with Gasteiger partial charge in [-0.2, -0.15) is 0 Å². The van der Waals surface area contributed by atoms with E-state index in [9.17, 15) is 14.4 Å². The predicted octanol–water partition coefficient (Wildman–Crippen LogP) is -1.99. The van der Waals surface area contributed by atoms with E-state index >= 15 is 0 Å². The molecule has 0 aliphatic carbocycles. The van der Waals surface area contributed by atoms with Crippen molar-refractivity contribution >= 4 is 17.8 Å². The van der Waals surface area contributed by atoms with Crippen LogP contribution < -0.4 is 22.5 Å². The van der Waals surface area contributed by atoms with E-state index in [1.165, 1.54) is 12.5 Å². The first-order valence-corrected chi connectivity index (χ1v) is 7.69. The van der Waals surface area contributed by atoms with Crippen LogP contribution in [-0.4, -0.2) is 63.2 Å². The Morgan fingerprint density at radius 3 is 2.27 bits per heavy atom. The molecule has 0 spiro atoms. The van der Waals surface area contributed by atoms with Crippen molar-refractivity contribution in [2.75, 3.05) is 13.1 Å². The molecule has 10 N–H and O–H groups in total. The molecular weight excluding hydrogens is 396 g/mol. The molecule has 1 aromatic heterocycles. The molecule has 2 unspecified atom stereocenters. The van der Waals surface area contributed by atoms with Crippen LogP contribution in [0.1, 0.15) is 25.0 Å². The zero-order valence-corrected chi connectivity index (χ0v) is 15.1. The number of carbonyl (C=O) groups excluding carboxylic acids is 1. The number of nitrogens with zero attached hydrogens (tertiary/aromatic N) is 1. The quantitative estimate of drug-likeness (QED) is 0.164. The first kappa shape index (κ1) is 26.3. The second-order valence-electron chi connectivity index (χ2n) is 5.17. The minimum Gasteiger partial charge on any atom is -0.480 e. The Hall–Kier alpha value is -1.98. The van der Waals surface area contributed by atoms with E-state index in [2.05, 4.69) is 15.3 Å². The van der Waals surface area contributed by atoms with Gasteiger partial charge in [-0.1, -0.05) is 6.42 Å². The number of carboxylic acids is 2. The fourth-order valence-electron chi connectivity index (χ4n) is 1.70. The Morgan fingerprint density at radius 1 is 1.19 bits per heavy atom. The second-order valence-corrected chi connectivity index (χ2v) is 5.17. The van der Waals surface area contributed by atoms with Crippen LogP contribution in [0.5, 0.6) is 0 Å². The van der Waals surface area contributed by atoms with Crippen molar-refractivity contribution in [3.05, 3.63) is 18.2 Å². The Bertz CT molecular complexity index is 528. The van der Waals surface area contributed by atoms with Gasteiger partial charge in [0, 0.05) is 35.4 Å². The standard InChI is InChI=1S/C8H12N4O3.C6H14N2O2.Cu/c9-2-7(13)12-6(8(14)15)1-5-3-10-4-11-5;7-4-2-1-3-5(8)6(9)10;/h3-4,6H,1-2,9H2,(H,10,11)(H,12,13)(H,14,15);5H,1-4,7-8H2,(H,9,10);. The van der Waals surface area contributed by atoms with Crippen molar-refractivity contribution in [3.63, 3.8) is 0 Å². The normalized spacial score (nSPS) is 12.0. The van der Waals surface area contributed by atoms with Gasteiger partial charge in [-0.15, -0.1) is 0 Å². The molecule has 2 atom stereocenters. The molecule has 26 heavy (non-hydrogen) atoms. The summed E-state index contributed by atoms with van der Waals surface area (Å²) in [5.74, 6) is -2.54. The number of aromatic amines is 1. The minimum atomic E-state index is -1.11. The number of unbranched alkanes of at least 4 members (excludes halogenated alkanes) is 1. The van der Waals surface area contributed by atoms with Crippen LogP contribution in [0, 0.1) is 0 Å². The van der Waals surface area contributed by atoms with Gasteiger partial charge in [-0.3, -0.25) is 9.59 Å². The zero-order chi connectivity index (χ0) is 19.2. The van der Waals surface area contributed by atoms with Gasteiger partial charge in [-0.25, -0.2) is 9.78 Å². The van der Waals surface area contributed by atoms with Gasteiger partial charge in [0.2, 0.25) is 5.91 Å². The van der Waals surface area contributed by atoms with Crippen LogP contribution in [0.15, 0.2) is 12.5 Å². The average molecular weight is 422 g/mol. The Morgan fingerprint density at radius 2 is 1.85 bits per heavy atom. The number of H-pyrrole nitrogens is 1. The maximum Gasteiger partial charge on any atom is 0.326 e. The Labute approximate surface area is 161 Å². The molecule has 0 aliphatic rings. The smallest absolute Gasteiger partial charge is 0.326 e. The third kappa shape index (κ3) is 12.4. The molecule has 0 saturated heterocycles. The second kappa shape index (κ2) is 15.3. The molecule has 0 aliphatic heterocycles. The van der Waals surface area contributed by atoms with E-state index in [0.717, 1.165) is 12.8 Å². The summed E-state index contributed by atoms with van der Waals surface area (Å²) in [6, 6.07) is -1.70. The van der Waals surface area contributed by atoms with Crippen molar-refractivity contribution in [2.45, 2.75) is 37.8 Å². The largest absolute Gasteiger partial charge is 0.480 e. The molecule has 11 nitrogen and oxygen atoms in total. The Balaban J connectivity index is 0. The number of aliphatic carboxylic acids is 2. The Kier molecular flexibility index (Phi) is 15.4. The van der Waals surface area contributed by atoms with Gasteiger partial charge in [0.15, 0.2) is 0 Å². The summed E-state index contributed by atoms with van der Waals surface area (Å²) in [7, 11) is 0. The van der Waals surface area contributed by atoms with Crippen LogP contribution in [0.25, 0.3) is 0 Å². The molecule has 0 saturated carbocycles. The van der Waals surface area contributed by atoms with E-state index < -0.39 is 29.9 Å². The van der Waals surface area contributed by atoms with E-state index in [0.29, 0.717) is 18.7 Å². The fraction of sp³-hybridized carbons (Fsp3) is 0.571. The third-order valence-electron chi connectivity index (χ3n) is 3.08. The molecule has 0 aromatic carbocycles. The van der Waals surface area contributed by atoms with E-state index in [1.807, 2.05) is 0 Å². The molecule has 1 rings (SSSR count). The number of aromatic nitrogens is 2. The summed E-state index contributed by atoms with van der Waals surface area (Å²) in [6.07, 6.45) is 5.27. The van der Waals surface area contributed by atoms with E-state index in [1.54, 1.807) is 0 Å². The SMILES string of the molecule is NCC(=O)NC(Cc1cnc[nH]1)C(=O)O.NCCCCC(N)C(=O)O.[Cu]. The van der Waals surface area contributed by atoms with Gasteiger partial charge in [0.25, 0.3) is 0 Å². The molecule has 1 amide bonds. The number of hydrogen-bond acceptors (Lipinski definition) is 7. The first-order chi connectivity index (χ1) is 11.8. The van der Waals surface area contributed by atoms with Crippen LogP contribution in [0.3, 0.4) is 0 Å². The van der Waals surface area contributed by atoms with Gasteiger partial charge in [-0.05, 0) is 19.4 Å². The monoisotopic (exact) mass is 421 g/mol. The van der Waals surface area contributed by atoms with Gasteiger partial charge >= 0.3 is 11.9 Å². The van der Waals surface area contributed by atoms with Crippen molar-refractivity contribution in [1.29, 1.82) is 0 Å². The van der Waals surface area contributed by atoms with E-state index in [-0.39, 0.29) is 30.0 Å². The van der Waals surface area contributed by atoms with Crippen molar-refractivity contribution in [3.8, 4) is 0 Å². The first-order valence-electron chi connectivity index (χ1n) is 7.69. The number of imidazole rings is 1. The average Bonchev–Trinajstić information content (AvgIpc) is 3.07. The summed E-state index contributed by atoms with van der Waals surface area (Å²) in [6.45, 7) is 0.374. The van der Waals surface area contributed by atoms with Crippen molar-refractivity contribution < 1.29 is 41.7 Å². The summed E-state index contributed by atoms with van der Waals surface area (Å²) < 4.78 is 0. The van der Waals surface area contributed by atoms with E-state index in [4.69, 9.17) is 27.4 Å². The number of nitrogens with two attached hydrogens (primary N) is 3. The van der Waals surface area contributed by atoms with Crippen molar-refractivity contribution in [2.24, 2.45) is 17.2 Å². The molecule has 0 bridgehead atoms.